The molecule has 0 aromatic heterocycles. The third-order valence-corrected chi connectivity index (χ3v) is 0. The first-order chi connectivity index (χ1) is 0. The van der Waals surface area contributed by atoms with E-state index in [4.69, 9.17) is 0 Å². The SMILES string of the molecule is [Hf+4].[Hf+4].[O-2].[O-2].[O-2].[O-2].[O-2].[O-2].[O-2].[O-2].[O-2].[Ta+5].[Ta+5]. The molecule has 0 heterocycles. The van der Waals surface area contributed by atoms with Crippen molar-refractivity contribution >= 4 is 0 Å². The Balaban J connectivity index is 0. The van der Waals surface area contributed by atoms with E-state index in [1.165, 1.54) is 0 Å². The van der Waals surface area contributed by atoms with Crippen LogP contribution in [-0.2, 0) is 146 Å². The molecular weight excluding hydrogens is 863 g/mol. The van der Waals surface area contributed by atoms with Gasteiger partial charge in [0.2, 0.25) is 0 Å². The minimum absolute atomic E-state index is 0. The molecule has 0 aliphatic carbocycles. The Labute approximate surface area is 144 Å². The van der Waals surface area contributed by atoms with Crippen molar-refractivity contribution in [1.82, 2.24) is 0 Å². The van der Waals surface area contributed by atoms with Gasteiger partial charge < -0.3 is 49.3 Å². The smallest absolute Gasteiger partial charge is 2.00 e. The molecule has 0 N–H and O–H groups in total. The standard InChI is InChI=1S/2Hf.9O.2Ta/q2*+4;9*-2;2*+5. The summed E-state index contributed by atoms with van der Waals surface area (Å²) in [6.45, 7) is 0. The molecule has 0 unspecified atom stereocenters. The monoisotopic (exact) mass is 866 g/mol. The fourth-order valence-electron chi connectivity index (χ4n) is 0. The largest absolute Gasteiger partial charge is 5.00 e. The van der Waals surface area contributed by atoms with Gasteiger partial charge in [0.05, 0.1) is 0 Å². The van der Waals surface area contributed by atoms with Crippen LogP contribution in [0.1, 0.15) is 0 Å². The molecule has 0 radical (unpaired) electrons. The molecule has 9 nitrogen and oxygen atoms in total. The molecule has 0 spiro atoms. The van der Waals surface area contributed by atoms with Crippen molar-refractivity contribution in [2.45, 2.75) is 0 Å². The fraction of sp³-hybridized carbons (Fsp3) is 0. The summed E-state index contributed by atoms with van der Waals surface area (Å²) in [6, 6.07) is 0. The van der Waals surface area contributed by atoms with E-state index in [0.717, 1.165) is 0 Å². The van der Waals surface area contributed by atoms with Gasteiger partial charge in [0.1, 0.15) is 0 Å². The van der Waals surface area contributed by atoms with E-state index in [-0.39, 0.29) is 146 Å². The van der Waals surface area contributed by atoms with E-state index >= 15 is 0 Å². The summed E-state index contributed by atoms with van der Waals surface area (Å²) in [5.41, 5.74) is 0. The molecule has 0 aliphatic heterocycles. The van der Waals surface area contributed by atoms with Crippen LogP contribution >= 0.6 is 0 Å². The maximum Gasteiger partial charge on any atom is 5.00 e. The summed E-state index contributed by atoms with van der Waals surface area (Å²) in [7, 11) is 0. The first-order valence-corrected chi connectivity index (χ1v) is 0. The molecule has 0 amide bonds. The van der Waals surface area contributed by atoms with Gasteiger partial charge in [-0.15, -0.1) is 0 Å². The number of hydrogen-bond acceptors (Lipinski definition) is 0. The third-order valence-electron chi connectivity index (χ3n) is 0. The first-order valence-electron chi connectivity index (χ1n) is 0. The molecule has 0 saturated heterocycles. The zero-order valence-corrected chi connectivity index (χ0v) is 19.2. The van der Waals surface area contributed by atoms with Gasteiger partial charge in [-0.2, -0.15) is 0 Å². The summed E-state index contributed by atoms with van der Waals surface area (Å²) in [4.78, 5) is 0. The Morgan fingerprint density at radius 1 is 0.231 bits per heavy atom. The number of hydrogen-bond donors (Lipinski definition) is 0. The van der Waals surface area contributed by atoms with Crippen LogP contribution in [-0.4, -0.2) is 0 Å². The van der Waals surface area contributed by atoms with Crippen LogP contribution in [0.2, 0.25) is 0 Å². The Morgan fingerprint density at radius 3 is 0.231 bits per heavy atom. The van der Waals surface area contributed by atoms with Crippen molar-refractivity contribution < 1.29 is 146 Å². The first kappa shape index (κ1) is 428. The van der Waals surface area contributed by atoms with Gasteiger partial charge in [-0.05, 0) is 0 Å². The van der Waals surface area contributed by atoms with Crippen molar-refractivity contribution in [2.24, 2.45) is 0 Å². The van der Waals surface area contributed by atoms with Crippen molar-refractivity contribution in [3.05, 3.63) is 0 Å². The van der Waals surface area contributed by atoms with E-state index in [9.17, 15) is 0 Å². The molecule has 13 heteroatoms. The van der Waals surface area contributed by atoms with Gasteiger partial charge >= 0.3 is 96.4 Å². The van der Waals surface area contributed by atoms with Crippen LogP contribution in [0.25, 0.3) is 0 Å². The fourth-order valence-corrected chi connectivity index (χ4v) is 0. The quantitative estimate of drug-likeness (QED) is 0.264. The maximum atomic E-state index is 0. The van der Waals surface area contributed by atoms with E-state index in [1.54, 1.807) is 0 Å². The molecule has 0 aliphatic rings. The van der Waals surface area contributed by atoms with Crippen LogP contribution in [0.15, 0.2) is 0 Å². The van der Waals surface area contributed by atoms with Crippen LogP contribution in [0.3, 0.4) is 0 Å². The molecule has 0 fully saturated rings. The van der Waals surface area contributed by atoms with Crippen LogP contribution in [0.5, 0.6) is 0 Å². The molecule has 72 valence electrons. The van der Waals surface area contributed by atoms with E-state index in [0.29, 0.717) is 0 Å². The van der Waals surface area contributed by atoms with Crippen LogP contribution in [0.4, 0.5) is 0 Å². The Hall–Kier alpha value is 2.86. The van der Waals surface area contributed by atoms with Crippen LogP contribution < -0.4 is 0 Å². The zero-order chi connectivity index (χ0) is 0. The second-order valence-electron chi connectivity index (χ2n) is 0. The average Bonchev–Trinajstić information content (AvgIpc) is 0. The number of rotatable bonds is 0. The average molecular weight is 863 g/mol. The molecule has 0 saturated carbocycles. The second-order valence-corrected chi connectivity index (χ2v) is 0. The molecule has 13 heavy (non-hydrogen) atoms. The molecule has 0 aromatic carbocycles. The Morgan fingerprint density at radius 2 is 0.231 bits per heavy atom. The summed E-state index contributed by atoms with van der Waals surface area (Å²) < 4.78 is 0. The maximum absolute atomic E-state index is 0. The Kier molecular flexibility index (Phi) is 11500. The van der Waals surface area contributed by atoms with Crippen molar-refractivity contribution in [2.75, 3.05) is 0 Å². The van der Waals surface area contributed by atoms with Gasteiger partial charge in [0.25, 0.3) is 0 Å². The Bertz CT molecular complexity index is 15.6. The summed E-state index contributed by atoms with van der Waals surface area (Å²) >= 11 is 0. The molecular formula is Hf2O9Ta2. The minimum Gasteiger partial charge on any atom is -2.00 e. The van der Waals surface area contributed by atoms with E-state index < -0.39 is 0 Å². The van der Waals surface area contributed by atoms with Crippen molar-refractivity contribution in [3.63, 3.8) is 0 Å². The molecule has 0 bridgehead atoms. The zero-order valence-electron chi connectivity index (χ0n) is 5.57. The molecule has 0 atom stereocenters. The van der Waals surface area contributed by atoms with Gasteiger partial charge in [0, 0.05) is 0 Å². The van der Waals surface area contributed by atoms with Gasteiger partial charge in [0.15, 0.2) is 0 Å². The predicted molar refractivity (Wildman–Crippen MR) is 6.18 cm³/mol. The second kappa shape index (κ2) is 349. The van der Waals surface area contributed by atoms with E-state index in [2.05, 4.69) is 0 Å². The normalized spacial score (nSPS) is 0. The predicted octanol–water partition coefficient (Wildman–Crippen LogP) is -1.08. The summed E-state index contributed by atoms with van der Waals surface area (Å²) in [5, 5.41) is 0. The van der Waals surface area contributed by atoms with Crippen LogP contribution in [0, 0.1) is 0 Å². The van der Waals surface area contributed by atoms with Crippen molar-refractivity contribution in [1.29, 1.82) is 0 Å². The van der Waals surface area contributed by atoms with Crippen molar-refractivity contribution in [3.8, 4) is 0 Å². The van der Waals surface area contributed by atoms with E-state index in [1.807, 2.05) is 0 Å². The minimum atomic E-state index is 0. The van der Waals surface area contributed by atoms with Gasteiger partial charge in [-0.3, -0.25) is 0 Å². The third kappa shape index (κ3) is 300. The van der Waals surface area contributed by atoms with Gasteiger partial charge in [-0.1, -0.05) is 0 Å². The topological polar surface area (TPSA) is 256 Å². The van der Waals surface area contributed by atoms with Gasteiger partial charge in [-0.25, -0.2) is 0 Å². The molecule has 0 aromatic rings. The summed E-state index contributed by atoms with van der Waals surface area (Å²) in [5.74, 6) is 0. The molecule has 0 rings (SSSR count). The summed E-state index contributed by atoms with van der Waals surface area (Å²) in [6.07, 6.45) is 0.